The molecule has 0 bridgehead atoms. The molecule has 6 heteroatoms. The number of amides is 3. The number of anilines is 1. The molecule has 1 atom stereocenters. The van der Waals surface area contributed by atoms with E-state index < -0.39 is 6.04 Å². The molecular weight excluding hydrogens is 256 g/mol. The van der Waals surface area contributed by atoms with Crippen LogP contribution < -0.4 is 4.90 Å². The van der Waals surface area contributed by atoms with Gasteiger partial charge in [-0.2, -0.15) is 0 Å². The number of carbonyl (C=O) groups is 2. The third-order valence-corrected chi connectivity index (χ3v) is 3.41. The Morgan fingerprint density at radius 3 is 2.61 bits per heavy atom. The average Bonchev–Trinajstić information content (AvgIpc) is 2.64. The van der Waals surface area contributed by atoms with Crippen LogP contribution >= 0.6 is 11.6 Å². The summed E-state index contributed by atoms with van der Waals surface area (Å²) >= 11 is 5.79. The van der Waals surface area contributed by atoms with Crippen LogP contribution in [0.25, 0.3) is 0 Å². The van der Waals surface area contributed by atoms with E-state index in [9.17, 15) is 9.59 Å². The molecule has 2 aliphatic heterocycles. The zero-order valence-electron chi connectivity index (χ0n) is 9.51. The van der Waals surface area contributed by atoms with Gasteiger partial charge in [0.25, 0.3) is 5.91 Å². The van der Waals surface area contributed by atoms with Crippen molar-refractivity contribution < 1.29 is 14.3 Å². The summed E-state index contributed by atoms with van der Waals surface area (Å²) in [7, 11) is 0. The first kappa shape index (κ1) is 11.5. The zero-order chi connectivity index (χ0) is 12.7. The Morgan fingerprint density at radius 1 is 1.22 bits per heavy atom. The second-order valence-corrected chi connectivity index (χ2v) is 4.65. The highest BCUT2D eigenvalue weighted by Gasteiger charge is 2.47. The van der Waals surface area contributed by atoms with Crippen molar-refractivity contribution in [2.75, 3.05) is 24.7 Å². The zero-order valence-corrected chi connectivity index (χ0v) is 10.3. The van der Waals surface area contributed by atoms with Gasteiger partial charge in [0.2, 0.25) is 0 Å². The Labute approximate surface area is 109 Å². The van der Waals surface area contributed by atoms with Gasteiger partial charge >= 0.3 is 6.03 Å². The fourth-order valence-electron chi connectivity index (χ4n) is 2.24. The molecule has 0 aromatic heterocycles. The SMILES string of the molecule is O=C1C2COCCN2C(=O)N1c1ccc(Cl)cc1. The van der Waals surface area contributed by atoms with E-state index >= 15 is 0 Å². The van der Waals surface area contributed by atoms with Crippen LogP contribution in [0.3, 0.4) is 0 Å². The first-order valence-corrected chi connectivity index (χ1v) is 6.04. The minimum atomic E-state index is -0.484. The molecule has 94 valence electrons. The van der Waals surface area contributed by atoms with Gasteiger partial charge in [-0.15, -0.1) is 0 Å². The minimum absolute atomic E-state index is 0.234. The lowest BCUT2D eigenvalue weighted by Gasteiger charge is -2.26. The molecule has 0 radical (unpaired) electrons. The molecule has 0 N–H and O–H groups in total. The van der Waals surface area contributed by atoms with E-state index in [2.05, 4.69) is 0 Å². The predicted octanol–water partition coefficient (Wildman–Crippen LogP) is 1.51. The minimum Gasteiger partial charge on any atom is -0.377 e. The third kappa shape index (κ3) is 1.67. The summed E-state index contributed by atoms with van der Waals surface area (Å²) in [4.78, 5) is 27.1. The number of halogens is 1. The van der Waals surface area contributed by atoms with Crippen molar-refractivity contribution in [1.82, 2.24) is 4.90 Å². The molecule has 0 saturated carbocycles. The Balaban J connectivity index is 1.95. The fraction of sp³-hybridized carbons (Fsp3) is 0.333. The highest BCUT2D eigenvalue weighted by molar-refractivity contribution is 6.30. The predicted molar refractivity (Wildman–Crippen MR) is 65.6 cm³/mol. The van der Waals surface area contributed by atoms with E-state index in [4.69, 9.17) is 16.3 Å². The van der Waals surface area contributed by atoms with Crippen molar-refractivity contribution in [3.63, 3.8) is 0 Å². The molecule has 0 aliphatic carbocycles. The molecular formula is C12H11ClN2O3. The second-order valence-electron chi connectivity index (χ2n) is 4.22. The van der Waals surface area contributed by atoms with E-state index in [1.807, 2.05) is 0 Å². The molecule has 2 fully saturated rings. The summed E-state index contributed by atoms with van der Waals surface area (Å²) in [6.07, 6.45) is 0. The number of nitrogens with zero attached hydrogens (tertiary/aromatic N) is 2. The standard InChI is InChI=1S/C12H11ClN2O3/c13-8-1-3-9(4-2-8)15-11(16)10-7-18-6-5-14(10)12(15)17/h1-4,10H,5-7H2. The van der Waals surface area contributed by atoms with Crippen LogP contribution in [0.15, 0.2) is 24.3 Å². The van der Waals surface area contributed by atoms with Crippen molar-refractivity contribution >= 4 is 29.2 Å². The maximum Gasteiger partial charge on any atom is 0.332 e. The topological polar surface area (TPSA) is 49.9 Å². The first-order chi connectivity index (χ1) is 8.68. The quantitative estimate of drug-likeness (QED) is 0.724. The molecule has 2 aliphatic rings. The van der Waals surface area contributed by atoms with Crippen molar-refractivity contribution in [3.05, 3.63) is 29.3 Å². The van der Waals surface area contributed by atoms with Gasteiger partial charge in [0.05, 0.1) is 18.9 Å². The van der Waals surface area contributed by atoms with Crippen LogP contribution in [0.2, 0.25) is 5.02 Å². The van der Waals surface area contributed by atoms with Gasteiger partial charge in [0.15, 0.2) is 0 Å². The number of carbonyl (C=O) groups excluding carboxylic acids is 2. The molecule has 0 spiro atoms. The van der Waals surface area contributed by atoms with Crippen molar-refractivity contribution in [1.29, 1.82) is 0 Å². The largest absolute Gasteiger partial charge is 0.377 e. The molecule has 3 rings (SSSR count). The van der Waals surface area contributed by atoms with E-state index in [0.717, 1.165) is 0 Å². The van der Waals surface area contributed by atoms with E-state index in [1.54, 1.807) is 29.2 Å². The van der Waals surface area contributed by atoms with Gasteiger partial charge in [-0.05, 0) is 24.3 Å². The molecule has 2 heterocycles. The summed E-state index contributed by atoms with van der Waals surface area (Å²) in [6, 6.07) is 5.88. The Kier molecular flexibility index (Phi) is 2.72. The monoisotopic (exact) mass is 266 g/mol. The number of fused-ring (bicyclic) bond motifs is 1. The Hall–Kier alpha value is -1.59. The van der Waals surface area contributed by atoms with Crippen LogP contribution in [0.4, 0.5) is 10.5 Å². The lowest BCUT2D eigenvalue weighted by molar-refractivity contribution is -0.123. The number of rotatable bonds is 1. The van der Waals surface area contributed by atoms with E-state index in [0.29, 0.717) is 23.9 Å². The molecule has 5 nitrogen and oxygen atoms in total. The first-order valence-electron chi connectivity index (χ1n) is 5.66. The molecule has 3 amide bonds. The van der Waals surface area contributed by atoms with Crippen molar-refractivity contribution in [2.45, 2.75) is 6.04 Å². The fourth-order valence-corrected chi connectivity index (χ4v) is 2.36. The summed E-state index contributed by atoms with van der Waals surface area (Å²) in [5, 5.41) is 0.568. The van der Waals surface area contributed by atoms with Gasteiger partial charge in [-0.1, -0.05) is 11.6 Å². The number of urea groups is 1. The number of imide groups is 1. The van der Waals surface area contributed by atoms with Gasteiger partial charge in [-0.25, -0.2) is 9.69 Å². The second kappa shape index (κ2) is 4.26. The Morgan fingerprint density at radius 2 is 1.94 bits per heavy atom. The lowest BCUT2D eigenvalue weighted by Crippen LogP contribution is -2.45. The summed E-state index contributed by atoms with van der Waals surface area (Å²) < 4.78 is 5.24. The van der Waals surface area contributed by atoms with E-state index in [-0.39, 0.29) is 18.5 Å². The van der Waals surface area contributed by atoms with Crippen LogP contribution in [-0.4, -0.2) is 42.6 Å². The maximum absolute atomic E-state index is 12.2. The van der Waals surface area contributed by atoms with Crippen LogP contribution in [-0.2, 0) is 9.53 Å². The summed E-state index contributed by atoms with van der Waals surface area (Å²) in [5.41, 5.74) is 0.545. The number of hydrogen-bond acceptors (Lipinski definition) is 3. The molecule has 1 unspecified atom stereocenters. The normalized spacial score (nSPS) is 23.5. The number of benzene rings is 1. The molecule has 2 saturated heterocycles. The van der Waals surface area contributed by atoms with E-state index in [1.165, 1.54) is 4.90 Å². The number of morpholine rings is 1. The van der Waals surface area contributed by atoms with Crippen LogP contribution in [0.1, 0.15) is 0 Å². The van der Waals surface area contributed by atoms with Crippen LogP contribution in [0, 0.1) is 0 Å². The van der Waals surface area contributed by atoms with Gasteiger partial charge in [0, 0.05) is 11.6 Å². The highest BCUT2D eigenvalue weighted by atomic mass is 35.5. The molecule has 1 aromatic rings. The van der Waals surface area contributed by atoms with Gasteiger partial charge in [-0.3, -0.25) is 4.79 Å². The van der Waals surface area contributed by atoms with Crippen molar-refractivity contribution in [2.24, 2.45) is 0 Å². The Bertz CT molecular complexity index is 479. The van der Waals surface area contributed by atoms with Crippen molar-refractivity contribution in [3.8, 4) is 0 Å². The summed E-state index contributed by atoms with van der Waals surface area (Å²) in [5.74, 6) is -0.234. The highest BCUT2D eigenvalue weighted by Crippen LogP contribution is 2.27. The third-order valence-electron chi connectivity index (χ3n) is 3.16. The summed E-state index contributed by atoms with van der Waals surface area (Å²) in [6.45, 7) is 1.21. The number of ether oxygens (including phenoxy) is 1. The maximum atomic E-state index is 12.2. The smallest absolute Gasteiger partial charge is 0.332 e. The lowest BCUT2D eigenvalue weighted by atomic mass is 10.2. The van der Waals surface area contributed by atoms with Gasteiger partial charge in [0.1, 0.15) is 6.04 Å². The average molecular weight is 267 g/mol. The molecule has 18 heavy (non-hydrogen) atoms. The number of hydrogen-bond donors (Lipinski definition) is 0. The van der Waals surface area contributed by atoms with Crippen LogP contribution in [0.5, 0.6) is 0 Å². The molecule has 1 aromatic carbocycles. The van der Waals surface area contributed by atoms with Gasteiger partial charge < -0.3 is 9.64 Å².